The van der Waals surface area contributed by atoms with E-state index < -0.39 is 5.54 Å². The molecule has 1 aliphatic carbocycles. The van der Waals surface area contributed by atoms with Crippen LogP contribution in [0.4, 0.5) is 5.69 Å². The molecular weight excluding hydrogens is 240 g/mol. The predicted molar refractivity (Wildman–Crippen MR) is 76.0 cm³/mol. The van der Waals surface area contributed by atoms with Crippen molar-refractivity contribution >= 4 is 11.6 Å². The zero-order valence-corrected chi connectivity index (χ0v) is 11.6. The molecule has 0 radical (unpaired) electrons. The maximum Gasteiger partial charge on any atom is 0.245 e. The Balaban J connectivity index is 2.34. The summed E-state index contributed by atoms with van der Waals surface area (Å²) in [7, 11) is 1.65. The summed E-state index contributed by atoms with van der Waals surface area (Å²) in [5.74, 6) is -0.331. The molecule has 3 N–H and O–H groups in total. The molecule has 1 aliphatic rings. The van der Waals surface area contributed by atoms with E-state index in [0.29, 0.717) is 0 Å². The Bertz CT molecular complexity index is 461. The second kappa shape index (κ2) is 5.61. The van der Waals surface area contributed by atoms with E-state index in [-0.39, 0.29) is 12.0 Å². The van der Waals surface area contributed by atoms with Crippen LogP contribution in [-0.4, -0.2) is 24.7 Å². The lowest BCUT2D eigenvalue weighted by Gasteiger charge is -2.42. The quantitative estimate of drug-likeness (QED) is 0.874. The average molecular weight is 262 g/mol. The zero-order valence-electron chi connectivity index (χ0n) is 11.6. The van der Waals surface area contributed by atoms with Crippen LogP contribution in [0.15, 0.2) is 24.3 Å². The van der Waals surface area contributed by atoms with Crippen molar-refractivity contribution in [1.82, 2.24) is 0 Å². The molecule has 2 unspecified atom stereocenters. The number of amides is 1. The molecule has 0 aromatic heterocycles. The van der Waals surface area contributed by atoms with Crippen molar-refractivity contribution in [3.05, 3.63) is 29.8 Å². The predicted octanol–water partition coefficient (Wildman–Crippen LogP) is 2.22. The SMILES string of the molecule is COC1CCCCC1(Nc1ccccc1C)C(N)=O. The van der Waals surface area contributed by atoms with Gasteiger partial charge < -0.3 is 15.8 Å². The number of nitrogens with one attached hydrogen (secondary N) is 1. The molecule has 104 valence electrons. The van der Waals surface area contributed by atoms with Crippen molar-refractivity contribution in [1.29, 1.82) is 0 Å². The van der Waals surface area contributed by atoms with Crippen LogP contribution in [0.5, 0.6) is 0 Å². The van der Waals surface area contributed by atoms with Crippen LogP contribution in [0.25, 0.3) is 0 Å². The lowest BCUT2D eigenvalue weighted by atomic mass is 9.78. The Morgan fingerprint density at radius 2 is 2.16 bits per heavy atom. The molecule has 4 heteroatoms. The fourth-order valence-corrected chi connectivity index (χ4v) is 2.90. The standard InChI is InChI=1S/C15H22N2O2/c1-11-7-3-4-8-12(11)17-15(14(16)18)10-6-5-9-13(15)19-2/h3-4,7-8,13,17H,5-6,9-10H2,1-2H3,(H2,16,18). The van der Waals surface area contributed by atoms with Crippen molar-refractivity contribution < 1.29 is 9.53 Å². The number of hydrogen-bond acceptors (Lipinski definition) is 3. The minimum atomic E-state index is -0.793. The fraction of sp³-hybridized carbons (Fsp3) is 0.533. The highest BCUT2D eigenvalue weighted by Crippen LogP contribution is 2.34. The van der Waals surface area contributed by atoms with Gasteiger partial charge in [0.15, 0.2) is 0 Å². The number of nitrogens with two attached hydrogens (primary N) is 1. The molecule has 1 aromatic carbocycles. The summed E-state index contributed by atoms with van der Waals surface area (Å²) >= 11 is 0. The lowest BCUT2D eigenvalue weighted by Crippen LogP contribution is -2.60. The van der Waals surface area contributed by atoms with E-state index in [2.05, 4.69) is 5.32 Å². The van der Waals surface area contributed by atoms with Gasteiger partial charge in [-0.1, -0.05) is 31.0 Å². The summed E-state index contributed by atoms with van der Waals surface area (Å²) in [4.78, 5) is 12.0. The van der Waals surface area contributed by atoms with Gasteiger partial charge in [0.2, 0.25) is 5.91 Å². The van der Waals surface area contributed by atoms with Gasteiger partial charge in [-0.15, -0.1) is 0 Å². The molecule has 1 amide bonds. The smallest absolute Gasteiger partial charge is 0.245 e. The van der Waals surface area contributed by atoms with Crippen LogP contribution in [0.2, 0.25) is 0 Å². The van der Waals surface area contributed by atoms with E-state index in [4.69, 9.17) is 10.5 Å². The largest absolute Gasteiger partial charge is 0.378 e. The third kappa shape index (κ3) is 2.59. The summed E-state index contributed by atoms with van der Waals surface area (Å²) in [5, 5.41) is 3.36. The summed E-state index contributed by atoms with van der Waals surface area (Å²) in [6, 6.07) is 7.92. The lowest BCUT2D eigenvalue weighted by molar-refractivity contribution is -0.129. The van der Waals surface area contributed by atoms with E-state index in [1.54, 1.807) is 7.11 Å². The minimum absolute atomic E-state index is 0.168. The van der Waals surface area contributed by atoms with Crippen LogP contribution in [-0.2, 0) is 9.53 Å². The van der Waals surface area contributed by atoms with Crippen molar-refractivity contribution in [3.63, 3.8) is 0 Å². The number of benzene rings is 1. The first-order chi connectivity index (χ1) is 9.10. The van der Waals surface area contributed by atoms with Crippen LogP contribution in [0.3, 0.4) is 0 Å². The Morgan fingerprint density at radius 3 is 2.79 bits per heavy atom. The van der Waals surface area contributed by atoms with Gasteiger partial charge in [0, 0.05) is 12.8 Å². The van der Waals surface area contributed by atoms with Gasteiger partial charge in [0.25, 0.3) is 0 Å². The molecule has 1 saturated carbocycles. The van der Waals surface area contributed by atoms with Crippen molar-refractivity contribution in [3.8, 4) is 0 Å². The molecule has 4 nitrogen and oxygen atoms in total. The number of methoxy groups -OCH3 is 1. The molecule has 0 bridgehead atoms. The highest BCUT2D eigenvalue weighted by molar-refractivity contribution is 5.89. The fourth-order valence-electron chi connectivity index (χ4n) is 2.90. The molecule has 0 heterocycles. The first kappa shape index (κ1) is 13.9. The van der Waals surface area contributed by atoms with Crippen molar-refractivity contribution in [2.75, 3.05) is 12.4 Å². The van der Waals surface area contributed by atoms with E-state index in [1.807, 2.05) is 31.2 Å². The summed E-state index contributed by atoms with van der Waals surface area (Å²) in [5.41, 5.74) is 6.94. The molecule has 0 spiro atoms. The first-order valence-corrected chi connectivity index (χ1v) is 6.76. The third-order valence-electron chi connectivity index (χ3n) is 4.06. The summed E-state index contributed by atoms with van der Waals surface area (Å²) in [6.45, 7) is 2.02. The molecule has 0 saturated heterocycles. The number of carbonyl (C=O) groups excluding carboxylic acids is 1. The van der Waals surface area contributed by atoms with Crippen molar-refractivity contribution in [2.45, 2.75) is 44.2 Å². The molecule has 0 aliphatic heterocycles. The Hall–Kier alpha value is -1.55. The normalized spacial score (nSPS) is 26.9. The molecule has 2 atom stereocenters. The number of anilines is 1. The number of rotatable bonds is 4. The van der Waals surface area contributed by atoms with Crippen LogP contribution in [0, 0.1) is 6.92 Å². The topological polar surface area (TPSA) is 64.3 Å². The van der Waals surface area contributed by atoms with Crippen LogP contribution >= 0.6 is 0 Å². The van der Waals surface area contributed by atoms with E-state index in [0.717, 1.165) is 36.9 Å². The van der Waals surface area contributed by atoms with E-state index in [1.165, 1.54) is 0 Å². The number of primary amides is 1. The van der Waals surface area contributed by atoms with Crippen LogP contribution < -0.4 is 11.1 Å². The second-order valence-corrected chi connectivity index (χ2v) is 5.25. The monoisotopic (exact) mass is 262 g/mol. The Morgan fingerprint density at radius 1 is 1.42 bits per heavy atom. The molecular formula is C15H22N2O2. The average Bonchev–Trinajstić information content (AvgIpc) is 2.41. The molecule has 1 aromatic rings. The van der Waals surface area contributed by atoms with Gasteiger partial charge in [-0.2, -0.15) is 0 Å². The second-order valence-electron chi connectivity index (χ2n) is 5.25. The molecule has 2 rings (SSSR count). The number of aryl methyl sites for hydroxylation is 1. The van der Waals surface area contributed by atoms with Gasteiger partial charge in [-0.3, -0.25) is 4.79 Å². The Kier molecular flexibility index (Phi) is 4.10. The molecule has 1 fully saturated rings. The number of hydrogen-bond donors (Lipinski definition) is 2. The van der Waals surface area contributed by atoms with E-state index in [9.17, 15) is 4.79 Å². The van der Waals surface area contributed by atoms with Crippen LogP contribution in [0.1, 0.15) is 31.2 Å². The number of carbonyl (C=O) groups is 1. The first-order valence-electron chi connectivity index (χ1n) is 6.76. The summed E-state index contributed by atoms with van der Waals surface area (Å²) < 4.78 is 5.52. The zero-order chi connectivity index (χ0) is 13.9. The van der Waals surface area contributed by atoms with Gasteiger partial charge >= 0.3 is 0 Å². The highest BCUT2D eigenvalue weighted by atomic mass is 16.5. The van der Waals surface area contributed by atoms with Gasteiger partial charge in [-0.25, -0.2) is 0 Å². The summed E-state index contributed by atoms with van der Waals surface area (Å²) in [6.07, 6.45) is 3.47. The third-order valence-corrected chi connectivity index (χ3v) is 4.06. The maximum absolute atomic E-state index is 12.0. The Labute approximate surface area is 114 Å². The van der Waals surface area contributed by atoms with Gasteiger partial charge in [0.05, 0.1) is 6.10 Å². The number of para-hydroxylation sites is 1. The maximum atomic E-state index is 12.0. The van der Waals surface area contributed by atoms with E-state index >= 15 is 0 Å². The van der Waals surface area contributed by atoms with Gasteiger partial charge in [-0.05, 0) is 31.4 Å². The molecule has 19 heavy (non-hydrogen) atoms. The van der Waals surface area contributed by atoms with Gasteiger partial charge in [0.1, 0.15) is 5.54 Å². The number of ether oxygens (including phenoxy) is 1. The highest BCUT2D eigenvalue weighted by Gasteiger charge is 2.46. The van der Waals surface area contributed by atoms with Crippen molar-refractivity contribution in [2.24, 2.45) is 5.73 Å². The minimum Gasteiger partial charge on any atom is -0.378 e.